The Kier molecular flexibility index (Phi) is 14.6. The van der Waals surface area contributed by atoms with Crippen molar-refractivity contribution < 1.29 is 28.4 Å². The monoisotopic (exact) mass is 711 g/mol. The van der Waals surface area contributed by atoms with E-state index in [1.807, 2.05) is 53.7 Å². The number of ketones is 1. The first kappa shape index (κ1) is 40.7. The van der Waals surface area contributed by atoms with Gasteiger partial charge in [0.05, 0.1) is 23.6 Å². The van der Waals surface area contributed by atoms with Gasteiger partial charge in [0.25, 0.3) is 5.91 Å². The number of nitrogens with one attached hydrogen (secondary N) is 4. The van der Waals surface area contributed by atoms with Gasteiger partial charge in [0.2, 0.25) is 17.6 Å². The fourth-order valence-corrected chi connectivity index (χ4v) is 7.85. The zero-order chi connectivity index (χ0) is 37.1. The van der Waals surface area contributed by atoms with Crippen LogP contribution in [-0.2, 0) is 24.9 Å². The van der Waals surface area contributed by atoms with Gasteiger partial charge in [-0.3, -0.25) is 19.2 Å². The van der Waals surface area contributed by atoms with E-state index in [1.165, 1.54) is 11.0 Å². The maximum Gasteiger partial charge on any atom is 0.315 e. The second kappa shape index (κ2) is 18.0. The molecule has 2 heterocycles. The zero-order valence-corrected chi connectivity index (χ0v) is 31.5. The molecule has 0 aromatic carbocycles. The molecular formula is C38H57N5O6S. The number of likely N-dealkylation sites (tertiary alicyclic amines) is 1. The molecule has 276 valence electrons. The van der Waals surface area contributed by atoms with Crippen LogP contribution >= 0.6 is 11.8 Å². The van der Waals surface area contributed by atoms with Crippen molar-refractivity contribution in [2.75, 3.05) is 18.8 Å². The van der Waals surface area contributed by atoms with Gasteiger partial charge in [0.1, 0.15) is 17.8 Å². The van der Waals surface area contributed by atoms with E-state index < -0.39 is 52.7 Å². The summed E-state index contributed by atoms with van der Waals surface area (Å²) in [6, 6.07) is 0.321. The summed E-state index contributed by atoms with van der Waals surface area (Å²) >= 11 is 1.71. The molecule has 3 rings (SSSR count). The number of rotatable bonds is 15. The Bertz CT molecular complexity index is 1390. The molecule has 0 spiro atoms. The number of Topliss-reactive ketones (excluding diaryl/α,β-unsaturated/α-hetero) is 1. The van der Waals surface area contributed by atoms with Crippen LogP contribution in [-0.4, -0.2) is 76.9 Å². The maximum atomic E-state index is 14.6. The predicted octanol–water partition coefficient (Wildman–Crippen LogP) is 4.96. The normalized spacial score (nSPS) is 21.1. The van der Waals surface area contributed by atoms with Crippen molar-refractivity contribution in [3.05, 3.63) is 36.8 Å². The van der Waals surface area contributed by atoms with Crippen molar-refractivity contribution in [1.29, 1.82) is 0 Å². The van der Waals surface area contributed by atoms with Crippen LogP contribution in [0.25, 0.3) is 0 Å². The standard InChI is InChI=1S/C38H57N5O6S/c1-9-11-17-28(30(44)33(46)39-20-10-2)40-32(45)29-22-37(7,8)26(3)23-43(29)34(47)31(36(4,5)6)41-35(48)42-38(18-13-12-14-19-38)25-50-24-27-16-15-21-49-27/h1,10,15-16,21,26,28-29,31H,2,11-14,17-20,22-25H2,3-8H3,(H,39,46)(H,40,45)(H2,41,42,48)/t26?,28?,29-,31+/m0/s1. The summed E-state index contributed by atoms with van der Waals surface area (Å²) in [5, 5.41) is 11.5. The minimum Gasteiger partial charge on any atom is -0.468 e. The van der Waals surface area contributed by atoms with Gasteiger partial charge in [-0.2, -0.15) is 11.8 Å². The van der Waals surface area contributed by atoms with Crippen LogP contribution in [0.5, 0.6) is 0 Å². The van der Waals surface area contributed by atoms with Gasteiger partial charge in [-0.15, -0.1) is 18.9 Å². The van der Waals surface area contributed by atoms with E-state index in [0.717, 1.165) is 37.9 Å². The highest BCUT2D eigenvalue weighted by Crippen LogP contribution is 2.40. The summed E-state index contributed by atoms with van der Waals surface area (Å²) in [7, 11) is 0. The zero-order valence-electron chi connectivity index (χ0n) is 30.7. The van der Waals surface area contributed by atoms with Crippen LogP contribution in [0.3, 0.4) is 0 Å². The van der Waals surface area contributed by atoms with Crippen molar-refractivity contribution in [2.24, 2.45) is 16.7 Å². The summed E-state index contributed by atoms with van der Waals surface area (Å²) in [6.45, 7) is 15.7. The van der Waals surface area contributed by atoms with Gasteiger partial charge in [0.15, 0.2) is 0 Å². The Morgan fingerprint density at radius 1 is 1.16 bits per heavy atom. The molecule has 1 aromatic heterocycles. The Balaban J connectivity index is 1.83. The van der Waals surface area contributed by atoms with Crippen LogP contribution in [0.1, 0.15) is 98.7 Å². The van der Waals surface area contributed by atoms with Crippen molar-refractivity contribution in [1.82, 2.24) is 26.2 Å². The Morgan fingerprint density at radius 2 is 1.86 bits per heavy atom. The number of terminal acetylenes is 1. The lowest BCUT2D eigenvalue weighted by atomic mass is 9.71. The van der Waals surface area contributed by atoms with Crippen LogP contribution < -0.4 is 21.3 Å². The SMILES string of the molecule is C#CCCC(NC(=O)[C@@H]1CC(C)(C)C(C)CN1C(=O)[C@@H](NC(=O)NC1(CSCc2ccco2)CCCCC1)C(C)(C)C)C(=O)C(=O)NCC=C. The van der Waals surface area contributed by atoms with Crippen LogP contribution in [0.15, 0.2) is 35.5 Å². The molecule has 50 heavy (non-hydrogen) atoms. The quantitative estimate of drug-likeness (QED) is 0.114. The fourth-order valence-electron chi connectivity index (χ4n) is 6.63. The fraction of sp³-hybridized carbons (Fsp3) is 0.658. The first-order valence-corrected chi connectivity index (χ1v) is 18.8. The van der Waals surface area contributed by atoms with Gasteiger partial charge >= 0.3 is 6.03 Å². The third-order valence-corrected chi connectivity index (χ3v) is 11.4. The first-order chi connectivity index (χ1) is 23.5. The van der Waals surface area contributed by atoms with Crippen molar-refractivity contribution in [2.45, 2.75) is 122 Å². The highest BCUT2D eigenvalue weighted by Gasteiger charge is 2.48. The molecule has 4 N–H and O–H groups in total. The highest BCUT2D eigenvalue weighted by molar-refractivity contribution is 7.98. The van der Waals surface area contributed by atoms with E-state index in [1.54, 1.807) is 18.0 Å². The second-order valence-corrected chi connectivity index (χ2v) is 16.6. The lowest BCUT2D eigenvalue weighted by Gasteiger charge is -2.49. The van der Waals surface area contributed by atoms with Crippen LogP contribution in [0, 0.1) is 29.1 Å². The Hall–Kier alpha value is -3.72. The van der Waals surface area contributed by atoms with E-state index in [4.69, 9.17) is 10.8 Å². The molecule has 0 radical (unpaired) electrons. The average molecular weight is 712 g/mol. The third-order valence-electron chi connectivity index (χ3n) is 10.1. The molecule has 2 fully saturated rings. The van der Waals surface area contributed by atoms with Crippen molar-refractivity contribution in [3.8, 4) is 12.3 Å². The van der Waals surface area contributed by atoms with Gasteiger partial charge < -0.3 is 30.6 Å². The second-order valence-electron chi connectivity index (χ2n) is 15.6. The number of carbonyl (C=O) groups is 5. The number of hydrogen-bond acceptors (Lipinski definition) is 7. The minimum absolute atomic E-state index is 0.0326. The summed E-state index contributed by atoms with van der Waals surface area (Å²) in [5.41, 5.74) is -1.44. The molecule has 1 saturated heterocycles. The number of piperidine rings is 1. The van der Waals surface area contributed by atoms with E-state index in [2.05, 4.69) is 33.8 Å². The van der Waals surface area contributed by atoms with Crippen LogP contribution in [0.4, 0.5) is 4.79 Å². The third kappa shape index (κ3) is 11.1. The van der Waals surface area contributed by atoms with Crippen LogP contribution in [0.2, 0.25) is 0 Å². The van der Waals surface area contributed by atoms with E-state index >= 15 is 0 Å². The number of hydrogen-bond donors (Lipinski definition) is 4. The summed E-state index contributed by atoms with van der Waals surface area (Å²) < 4.78 is 5.49. The van der Waals surface area contributed by atoms with Gasteiger partial charge in [-0.05, 0) is 54.6 Å². The van der Waals surface area contributed by atoms with Crippen molar-refractivity contribution in [3.63, 3.8) is 0 Å². The number of urea groups is 1. The summed E-state index contributed by atoms with van der Waals surface area (Å²) in [6.07, 6.45) is 13.9. The summed E-state index contributed by atoms with van der Waals surface area (Å²) in [5.74, 6) is 2.19. The highest BCUT2D eigenvalue weighted by atomic mass is 32.2. The molecule has 11 nitrogen and oxygen atoms in total. The molecule has 1 aliphatic carbocycles. The predicted molar refractivity (Wildman–Crippen MR) is 197 cm³/mol. The van der Waals surface area contributed by atoms with Crippen molar-refractivity contribution >= 4 is 41.3 Å². The van der Waals surface area contributed by atoms with E-state index in [9.17, 15) is 24.0 Å². The molecular weight excluding hydrogens is 655 g/mol. The molecule has 1 aromatic rings. The molecule has 1 aliphatic heterocycles. The molecule has 5 amide bonds. The average Bonchev–Trinajstić information content (AvgIpc) is 3.58. The number of nitrogens with zero attached hydrogens (tertiary/aromatic N) is 1. The lowest BCUT2D eigenvalue weighted by molar-refractivity contribution is -0.151. The molecule has 2 aliphatic rings. The lowest BCUT2D eigenvalue weighted by Crippen LogP contribution is -2.66. The number of furan rings is 1. The number of thioether (sulfide) groups is 1. The van der Waals surface area contributed by atoms with E-state index in [0.29, 0.717) is 17.9 Å². The molecule has 4 atom stereocenters. The molecule has 1 saturated carbocycles. The number of amides is 5. The topological polar surface area (TPSA) is 150 Å². The Labute approximate surface area is 302 Å². The molecule has 0 bridgehead atoms. The first-order valence-electron chi connectivity index (χ1n) is 17.7. The van der Waals surface area contributed by atoms with Gasteiger partial charge in [0, 0.05) is 25.3 Å². The largest absolute Gasteiger partial charge is 0.468 e. The Morgan fingerprint density at radius 3 is 2.46 bits per heavy atom. The maximum absolute atomic E-state index is 14.6. The van der Waals surface area contributed by atoms with Gasteiger partial charge in [-0.25, -0.2) is 4.79 Å². The van der Waals surface area contributed by atoms with E-state index in [-0.39, 0.29) is 43.2 Å². The molecule has 12 heteroatoms. The smallest absolute Gasteiger partial charge is 0.315 e. The number of carbonyl (C=O) groups excluding carboxylic acids is 5. The summed E-state index contributed by atoms with van der Waals surface area (Å²) in [4.78, 5) is 69.6. The minimum atomic E-state index is -1.16. The van der Waals surface area contributed by atoms with Gasteiger partial charge in [-0.1, -0.05) is 66.9 Å². The molecule has 2 unspecified atom stereocenters.